The van der Waals surface area contributed by atoms with Gasteiger partial charge in [0.05, 0.1) is 13.3 Å². The fraction of sp³-hybridized carbons (Fsp3) is 1.00. The van der Waals surface area contributed by atoms with Crippen molar-refractivity contribution in [3.63, 3.8) is 0 Å². The zero-order chi connectivity index (χ0) is 10.6. The molecular weight excluding hydrogens is 176 g/mol. The van der Waals surface area contributed by atoms with Crippen molar-refractivity contribution in [3.05, 3.63) is 0 Å². The van der Waals surface area contributed by atoms with E-state index in [0.29, 0.717) is 5.54 Å². The van der Waals surface area contributed by atoms with Crippen molar-refractivity contribution < 1.29 is 4.74 Å². The number of ether oxygens (including phenoxy) is 1. The van der Waals surface area contributed by atoms with E-state index in [1.807, 2.05) is 0 Å². The van der Waals surface area contributed by atoms with E-state index in [2.05, 4.69) is 30.6 Å². The van der Waals surface area contributed by atoms with E-state index in [1.165, 1.54) is 19.5 Å². The monoisotopic (exact) mass is 200 g/mol. The molecule has 1 aliphatic heterocycles. The van der Waals surface area contributed by atoms with Crippen molar-refractivity contribution in [1.29, 1.82) is 0 Å². The zero-order valence-corrected chi connectivity index (χ0v) is 10.0. The third-order valence-electron chi connectivity index (χ3n) is 2.83. The fourth-order valence-corrected chi connectivity index (χ4v) is 1.82. The van der Waals surface area contributed by atoms with E-state index in [9.17, 15) is 0 Å². The van der Waals surface area contributed by atoms with E-state index in [4.69, 9.17) is 4.74 Å². The number of rotatable bonds is 3. The minimum Gasteiger partial charge on any atom is -0.383 e. The Morgan fingerprint density at radius 2 is 1.93 bits per heavy atom. The molecule has 3 nitrogen and oxygen atoms in total. The van der Waals surface area contributed by atoms with Gasteiger partial charge in [0.2, 0.25) is 0 Å². The third-order valence-corrected chi connectivity index (χ3v) is 2.83. The molecule has 0 unspecified atom stereocenters. The lowest BCUT2D eigenvalue weighted by atomic mass is 10.1. The van der Waals surface area contributed by atoms with Gasteiger partial charge in [-0.05, 0) is 27.2 Å². The van der Waals surface area contributed by atoms with Crippen LogP contribution < -0.4 is 0 Å². The van der Waals surface area contributed by atoms with Crippen molar-refractivity contribution in [2.45, 2.75) is 32.7 Å². The van der Waals surface area contributed by atoms with E-state index < -0.39 is 0 Å². The van der Waals surface area contributed by atoms with E-state index in [1.54, 1.807) is 7.11 Å². The average Bonchev–Trinajstić information content (AvgIpc) is 2.14. The molecule has 3 heteroatoms. The summed E-state index contributed by atoms with van der Waals surface area (Å²) in [6, 6.07) is 0. The Bertz CT molecular complexity index is 165. The average molecular weight is 200 g/mol. The summed E-state index contributed by atoms with van der Waals surface area (Å²) >= 11 is 0. The van der Waals surface area contributed by atoms with Crippen molar-refractivity contribution in [1.82, 2.24) is 9.80 Å². The molecule has 0 spiro atoms. The van der Waals surface area contributed by atoms with Crippen molar-refractivity contribution in [3.8, 4) is 0 Å². The number of methoxy groups -OCH3 is 1. The van der Waals surface area contributed by atoms with Gasteiger partial charge in [-0.3, -0.25) is 9.80 Å². The Kier molecular flexibility index (Phi) is 4.35. The van der Waals surface area contributed by atoms with Crippen LogP contribution in [0.4, 0.5) is 0 Å². The second-order valence-electron chi connectivity index (χ2n) is 5.04. The zero-order valence-electron chi connectivity index (χ0n) is 10.0. The smallest absolute Gasteiger partial charge is 0.0590 e. The molecule has 1 aliphatic rings. The minimum absolute atomic E-state index is 0.297. The summed E-state index contributed by atoms with van der Waals surface area (Å²) in [4.78, 5) is 5.00. The predicted octanol–water partition coefficient (Wildman–Crippen LogP) is 1.40. The standard InChI is InChI=1S/C11H24N2O/c1-11(2,3)13-7-5-6-12(10-13)8-9-14-4/h5-10H2,1-4H3. The topological polar surface area (TPSA) is 15.7 Å². The minimum atomic E-state index is 0.297. The molecule has 0 atom stereocenters. The second kappa shape index (κ2) is 5.10. The second-order valence-corrected chi connectivity index (χ2v) is 5.04. The van der Waals surface area contributed by atoms with Crippen LogP contribution in [0.5, 0.6) is 0 Å². The van der Waals surface area contributed by atoms with E-state index in [-0.39, 0.29) is 0 Å². The van der Waals surface area contributed by atoms with Crippen LogP contribution in [0.15, 0.2) is 0 Å². The molecule has 0 aromatic rings. The molecule has 0 saturated carbocycles. The first-order valence-corrected chi connectivity index (χ1v) is 5.50. The highest BCUT2D eigenvalue weighted by Crippen LogP contribution is 2.17. The number of hydrogen-bond donors (Lipinski definition) is 0. The molecule has 1 rings (SSSR count). The van der Waals surface area contributed by atoms with Gasteiger partial charge in [0.15, 0.2) is 0 Å². The molecule has 0 amide bonds. The van der Waals surface area contributed by atoms with Gasteiger partial charge in [-0.25, -0.2) is 0 Å². The predicted molar refractivity (Wildman–Crippen MR) is 59.4 cm³/mol. The van der Waals surface area contributed by atoms with Crippen LogP contribution in [-0.2, 0) is 4.74 Å². The fourth-order valence-electron chi connectivity index (χ4n) is 1.82. The van der Waals surface area contributed by atoms with Crippen LogP contribution in [-0.4, -0.2) is 55.4 Å². The Morgan fingerprint density at radius 3 is 2.50 bits per heavy atom. The molecule has 14 heavy (non-hydrogen) atoms. The van der Waals surface area contributed by atoms with Gasteiger partial charge in [-0.1, -0.05) is 0 Å². The summed E-state index contributed by atoms with van der Waals surface area (Å²) in [5.74, 6) is 0. The van der Waals surface area contributed by atoms with Gasteiger partial charge in [-0.15, -0.1) is 0 Å². The summed E-state index contributed by atoms with van der Waals surface area (Å²) in [6.07, 6.45) is 1.28. The van der Waals surface area contributed by atoms with Crippen LogP contribution in [0.2, 0.25) is 0 Å². The first-order valence-electron chi connectivity index (χ1n) is 5.50. The summed E-state index contributed by atoms with van der Waals surface area (Å²) < 4.78 is 5.11. The molecule has 0 aliphatic carbocycles. The van der Waals surface area contributed by atoms with E-state index in [0.717, 1.165) is 19.8 Å². The number of hydrogen-bond acceptors (Lipinski definition) is 3. The highest BCUT2D eigenvalue weighted by molar-refractivity contribution is 4.79. The SMILES string of the molecule is COCCN1CCCN(C(C)(C)C)C1. The Labute approximate surface area is 88.0 Å². The molecule has 1 saturated heterocycles. The maximum Gasteiger partial charge on any atom is 0.0590 e. The highest BCUT2D eigenvalue weighted by atomic mass is 16.5. The van der Waals surface area contributed by atoms with Crippen LogP contribution in [0.3, 0.4) is 0 Å². The van der Waals surface area contributed by atoms with Crippen molar-refractivity contribution in [2.75, 3.05) is 40.0 Å². The van der Waals surface area contributed by atoms with Gasteiger partial charge in [-0.2, -0.15) is 0 Å². The molecule has 0 aromatic heterocycles. The van der Waals surface area contributed by atoms with Crippen LogP contribution in [0.1, 0.15) is 27.2 Å². The van der Waals surface area contributed by atoms with Gasteiger partial charge < -0.3 is 4.74 Å². The normalized spacial score (nSPS) is 21.4. The lowest BCUT2D eigenvalue weighted by molar-refractivity contribution is 0.0101. The summed E-state index contributed by atoms with van der Waals surface area (Å²) in [5.41, 5.74) is 0.297. The lowest BCUT2D eigenvalue weighted by Gasteiger charge is -2.43. The maximum absolute atomic E-state index is 5.11. The van der Waals surface area contributed by atoms with Gasteiger partial charge >= 0.3 is 0 Å². The molecule has 0 N–H and O–H groups in total. The molecule has 1 fully saturated rings. The largest absolute Gasteiger partial charge is 0.383 e. The van der Waals surface area contributed by atoms with Crippen LogP contribution >= 0.6 is 0 Å². The van der Waals surface area contributed by atoms with Gasteiger partial charge in [0.1, 0.15) is 0 Å². The summed E-state index contributed by atoms with van der Waals surface area (Å²) in [6.45, 7) is 12.3. The Morgan fingerprint density at radius 1 is 1.21 bits per heavy atom. The third kappa shape index (κ3) is 3.56. The first kappa shape index (κ1) is 12.0. The maximum atomic E-state index is 5.11. The van der Waals surface area contributed by atoms with E-state index >= 15 is 0 Å². The van der Waals surface area contributed by atoms with Gasteiger partial charge in [0.25, 0.3) is 0 Å². The van der Waals surface area contributed by atoms with Crippen molar-refractivity contribution in [2.24, 2.45) is 0 Å². The molecule has 84 valence electrons. The number of nitrogens with zero attached hydrogens (tertiary/aromatic N) is 2. The summed E-state index contributed by atoms with van der Waals surface area (Å²) in [7, 11) is 1.77. The van der Waals surface area contributed by atoms with Crippen molar-refractivity contribution >= 4 is 0 Å². The molecule has 0 bridgehead atoms. The van der Waals surface area contributed by atoms with Crippen LogP contribution in [0, 0.1) is 0 Å². The molecule has 0 aromatic carbocycles. The Hall–Kier alpha value is -0.120. The molecular formula is C11H24N2O. The lowest BCUT2D eigenvalue weighted by Crippen LogP contribution is -2.53. The molecule has 0 radical (unpaired) electrons. The first-order chi connectivity index (χ1) is 6.54. The molecule has 1 heterocycles. The Balaban J connectivity index is 2.36. The quantitative estimate of drug-likeness (QED) is 0.685. The highest BCUT2D eigenvalue weighted by Gasteiger charge is 2.25. The summed E-state index contributed by atoms with van der Waals surface area (Å²) in [5, 5.41) is 0. The van der Waals surface area contributed by atoms with Crippen LogP contribution in [0.25, 0.3) is 0 Å². The van der Waals surface area contributed by atoms with Gasteiger partial charge in [0, 0.05) is 32.3 Å².